The van der Waals surface area contributed by atoms with Gasteiger partial charge < -0.3 is 9.71 Å². The summed E-state index contributed by atoms with van der Waals surface area (Å²) in [6, 6.07) is 65.6. The van der Waals surface area contributed by atoms with E-state index in [4.69, 9.17) is 0 Å². The predicted octanol–water partition coefficient (Wildman–Crippen LogP) is 11.4. The first-order valence-corrected chi connectivity index (χ1v) is 17.8. The minimum atomic E-state index is 0.0805. The van der Waals surface area contributed by atoms with E-state index in [2.05, 4.69) is 186 Å². The fourth-order valence-corrected chi connectivity index (χ4v) is 9.57. The molecule has 8 aromatic rings. The van der Waals surface area contributed by atoms with Crippen molar-refractivity contribution < 1.29 is 0 Å². The van der Waals surface area contributed by atoms with E-state index in [-0.39, 0.29) is 6.85 Å². The maximum Gasteiger partial charge on any atom is 0.333 e. The molecule has 8 aromatic carbocycles. The number of benzene rings is 8. The maximum atomic E-state index is 2.60. The summed E-state index contributed by atoms with van der Waals surface area (Å²) in [4.78, 5) is 5.14. The number of rotatable bonds is 1. The molecule has 3 aliphatic heterocycles. The van der Waals surface area contributed by atoms with Crippen molar-refractivity contribution in [1.82, 2.24) is 0 Å². The van der Waals surface area contributed by atoms with Crippen molar-refractivity contribution in [3.8, 4) is 66.8 Å². The van der Waals surface area contributed by atoms with Crippen molar-refractivity contribution in [2.24, 2.45) is 0 Å². The molecule has 234 valence electrons. The lowest BCUT2D eigenvalue weighted by atomic mass is 9.41. The van der Waals surface area contributed by atoms with Gasteiger partial charge in [-0.3, -0.25) is 0 Å². The summed E-state index contributed by atoms with van der Waals surface area (Å²) < 4.78 is 0. The molecule has 0 fully saturated rings. The maximum absolute atomic E-state index is 2.60. The summed E-state index contributed by atoms with van der Waals surface area (Å²) in [7, 11) is 0. The average molecular weight is 645 g/mol. The summed E-state index contributed by atoms with van der Waals surface area (Å²) in [6.45, 7) is 0.0805. The molecule has 4 aliphatic rings. The highest BCUT2D eigenvalue weighted by Crippen LogP contribution is 2.53. The van der Waals surface area contributed by atoms with Gasteiger partial charge in [0.2, 0.25) is 0 Å². The van der Waals surface area contributed by atoms with E-state index in [9.17, 15) is 0 Å². The SMILES string of the molecule is c1ccc2c(c1)-c1ccccc1-c1ccc(N3c4cccc5c4B4c6c(cccc63)-c3ccccc3N4c3ccccc3-5)cc1-c1ccccc1-2. The van der Waals surface area contributed by atoms with Crippen LogP contribution in [0.5, 0.6) is 0 Å². The highest BCUT2D eigenvalue weighted by molar-refractivity contribution is 6.95. The van der Waals surface area contributed by atoms with E-state index in [0.29, 0.717) is 0 Å². The van der Waals surface area contributed by atoms with E-state index in [0.717, 1.165) is 0 Å². The monoisotopic (exact) mass is 644 g/mol. The average Bonchev–Trinajstić information content (AvgIpc) is 3.20. The van der Waals surface area contributed by atoms with Crippen molar-refractivity contribution >= 4 is 46.2 Å². The molecule has 2 nitrogen and oxygen atoms in total. The standard InChI is InChI=1S/C48H29BN2/c1-2-14-32-31(13-1)33-15-3-4-17-35(33)37-28-27-30(29-42(37)36-18-6-5-16-34(32)36)50-45-25-11-21-40-38-19-7-9-23-43(38)51-44-24-10-8-20-39(44)41-22-12-26-46(50)48(41)49(51)47(40)45/h1-29H. The molecular weight excluding hydrogens is 615 g/mol. The normalized spacial score (nSPS) is 13.4. The number of fused-ring (bicyclic) bond motifs is 14. The zero-order valence-electron chi connectivity index (χ0n) is 27.7. The molecule has 12 rings (SSSR count). The van der Waals surface area contributed by atoms with Gasteiger partial charge in [-0.15, -0.1) is 0 Å². The molecule has 0 unspecified atom stereocenters. The number of hydrogen-bond acceptors (Lipinski definition) is 2. The van der Waals surface area contributed by atoms with E-state index >= 15 is 0 Å². The zero-order valence-corrected chi connectivity index (χ0v) is 27.7. The second-order valence-electron chi connectivity index (χ2n) is 14.0. The summed E-state index contributed by atoms with van der Waals surface area (Å²) in [6.07, 6.45) is 0. The van der Waals surface area contributed by atoms with Crippen LogP contribution in [0.2, 0.25) is 0 Å². The first-order chi connectivity index (χ1) is 25.3. The van der Waals surface area contributed by atoms with Crippen molar-refractivity contribution in [1.29, 1.82) is 0 Å². The largest absolute Gasteiger partial charge is 0.376 e. The van der Waals surface area contributed by atoms with Crippen LogP contribution >= 0.6 is 0 Å². The molecule has 3 heterocycles. The molecule has 0 spiro atoms. The van der Waals surface area contributed by atoms with Crippen molar-refractivity contribution in [2.45, 2.75) is 0 Å². The van der Waals surface area contributed by atoms with Crippen molar-refractivity contribution in [3.05, 3.63) is 176 Å². The van der Waals surface area contributed by atoms with E-state index < -0.39 is 0 Å². The highest BCUT2D eigenvalue weighted by Gasteiger charge is 2.48. The Labute approximate surface area is 297 Å². The Hall–Kier alpha value is -6.58. The Morgan fingerprint density at radius 2 is 0.627 bits per heavy atom. The lowest BCUT2D eigenvalue weighted by Gasteiger charge is -2.49. The van der Waals surface area contributed by atoms with Crippen LogP contribution in [0.25, 0.3) is 66.8 Å². The van der Waals surface area contributed by atoms with Gasteiger partial charge in [0.25, 0.3) is 0 Å². The molecule has 51 heavy (non-hydrogen) atoms. The summed E-state index contributed by atoms with van der Waals surface area (Å²) >= 11 is 0. The smallest absolute Gasteiger partial charge is 0.333 e. The van der Waals surface area contributed by atoms with Crippen LogP contribution in [-0.2, 0) is 0 Å². The Balaban J connectivity index is 1.17. The topological polar surface area (TPSA) is 6.48 Å². The van der Waals surface area contributed by atoms with E-state index in [1.165, 1.54) is 106 Å². The van der Waals surface area contributed by atoms with Gasteiger partial charge in [0, 0.05) is 39.6 Å². The second-order valence-corrected chi connectivity index (χ2v) is 14.0. The molecular formula is C48H29BN2. The molecule has 0 saturated heterocycles. The minimum Gasteiger partial charge on any atom is -0.376 e. The number of anilines is 5. The molecule has 0 bridgehead atoms. The Kier molecular flexibility index (Phi) is 5.35. The van der Waals surface area contributed by atoms with E-state index in [1.54, 1.807) is 0 Å². The van der Waals surface area contributed by atoms with Gasteiger partial charge in [0.05, 0.1) is 0 Å². The van der Waals surface area contributed by atoms with Crippen LogP contribution in [0.4, 0.5) is 28.4 Å². The number of hydrogen-bond donors (Lipinski definition) is 0. The third-order valence-corrected chi connectivity index (χ3v) is 11.6. The van der Waals surface area contributed by atoms with Crippen molar-refractivity contribution in [3.63, 3.8) is 0 Å². The molecule has 0 N–H and O–H groups in total. The van der Waals surface area contributed by atoms with Gasteiger partial charge in [0.15, 0.2) is 0 Å². The summed E-state index contributed by atoms with van der Waals surface area (Å²) in [5.74, 6) is 0. The third-order valence-electron chi connectivity index (χ3n) is 11.6. The Bertz CT molecular complexity index is 2690. The third kappa shape index (κ3) is 3.52. The fourth-order valence-electron chi connectivity index (χ4n) is 9.57. The molecule has 0 aromatic heterocycles. The lowest BCUT2D eigenvalue weighted by Crippen LogP contribution is -2.63. The molecule has 0 amide bonds. The second kappa shape index (κ2) is 10.00. The molecule has 0 saturated carbocycles. The van der Waals surface area contributed by atoms with Crippen LogP contribution < -0.4 is 20.6 Å². The summed E-state index contributed by atoms with van der Waals surface area (Å²) in [5.41, 5.74) is 24.2. The fraction of sp³-hybridized carbons (Fsp3) is 0. The van der Waals surface area contributed by atoms with Gasteiger partial charge in [-0.25, -0.2) is 0 Å². The van der Waals surface area contributed by atoms with Crippen LogP contribution in [0.3, 0.4) is 0 Å². The van der Waals surface area contributed by atoms with Gasteiger partial charge >= 0.3 is 6.85 Å². The zero-order chi connectivity index (χ0) is 33.2. The minimum absolute atomic E-state index is 0.0805. The lowest BCUT2D eigenvalue weighted by molar-refractivity contribution is 1.26. The number of nitrogens with zero attached hydrogens (tertiary/aromatic N) is 2. The highest BCUT2D eigenvalue weighted by atomic mass is 15.2. The van der Waals surface area contributed by atoms with Crippen LogP contribution in [0, 0.1) is 0 Å². The molecule has 3 heteroatoms. The Morgan fingerprint density at radius 1 is 0.275 bits per heavy atom. The quantitative estimate of drug-likeness (QED) is 0.164. The predicted molar refractivity (Wildman–Crippen MR) is 214 cm³/mol. The van der Waals surface area contributed by atoms with Gasteiger partial charge in [-0.2, -0.15) is 0 Å². The van der Waals surface area contributed by atoms with Gasteiger partial charge in [-0.05, 0) is 103 Å². The molecule has 0 radical (unpaired) electrons. The first-order valence-electron chi connectivity index (χ1n) is 17.8. The van der Waals surface area contributed by atoms with Gasteiger partial charge in [-0.1, -0.05) is 140 Å². The van der Waals surface area contributed by atoms with Crippen LogP contribution in [0.15, 0.2) is 176 Å². The van der Waals surface area contributed by atoms with Crippen LogP contribution in [-0.4, -0.2) is 6.85 Å². The van der Waals surface area contributed by atoms with Crippen molar-refractivity contribution in [2.75, 3.05) is 9.71 Å². The van der Waals surface area contributed by atoms with E-state index in [1.807, 2.05) is 0 Å². The Morgan fingerprint density at radius 3 is 1.10 bits per heavy atom. The first kappa shape index (κ1) is 27.3. The molecule has 1 aliphatic carbocycles. The van der Waals surface area contributed by atoms with Gasteiger partial charge in [0.1, 0.15) is 0 Å². The molecule has 0 atom stereocenters. The number of para-hydroxylation sites is 2. The summed E-state index contributed by atoms with van der Waals surface area (Å²) in [5, 5.41) is 0. The van der Waals surface area contributed by atoms with Crippen LogP contribution in [0.1, 0.15) is 0 Å².